The molecule has 0 spiro atoms. The van der Waals surface area contributed by atoms with Crippen LogP contribution in [0, 0.1) is 96.9 Å². The third kappa shape index (κ3) is 15.2. The Balaban J connectivity index is 0.000000120. The minimum atomic E-state index is 1.05. The maximum atomic E-state index is 4.85. The van der Waals surface area contributed by atoms with E-state index in [2.05, 4.69) is 309 Å². The van der Waals surface area contributed by atoms with Crippen molar-refractivity contribution in [1.82, 2.24) is 24.9 Å². The quantitative estimate of drug-likeness (QED) is 0.172. The van der Waals surface area contributed by atoms with Gasteiger partial charge in [-0.05, 0) is 239 Å². The van der Waals surface area contributed by atoms with E-state index >= 15 is 0 Å². The van der Waals surface area contributed by atoms with Gasteiger partial charge in [0.2, 0.25) is 0 Å². The third-order valence-corrected chi connectivity index (χ3v) is 17.3. The fraction of sp³-hybridized carbons (Fsp3) is 0.157. The first-order valence-corrected chi connectivity index (χ1v) is 32.5. The summed E-state index contributed by atoms with van der Waals surface area (Å²) in [6.07, 6.45) is 0. The van der Waals surface area contributed by atoms with Crippen LogP contribution in [-0.2, 0) is 0 Å². The second-order valence-electron chi connectivity index (χ2n) is 25.4. The summed E-state index contributed by atoms with van der Waals surface area (Å²) in [5, 5.41) is 6.32. The molecule has 0 N–H and O–H groups in total. The van der Waals surface area contributed by atoms with E-state index in [0.29, 0.717) is 0 Å². The SMILES string of the molecule is Cc1cc(C)cc(-c2cc(C)c3c(C)cccc3n2)c1.Cc1ccc2nc(-c3ccccc3)cc(C)c2c1.Cc1cccc(-c2cc(C)c3c(C)cccc3n2)c1.Cc1cccc(-c2cc(C)c3cc(C)ccc3n2)c1.Cc1cccc2nc(-c3ccccc3)cc(C)c12. The van der Waals surface area contributed by atoms with Crippen LogP contribution in [0.4, 0.5) is 0 Å². The van der Waals surface area contributed by atoms with E-state index in [1.54, 1.807) is 0 Å². The number of fused-ring (bicyclic) bond motifs is 5. The Kier molecular flexibility index (Phi) is 19.9. The monoisotopic (exact) mass is 1220 g/mol. The molecule has 0 saturated heterocycles. The molecule has 0 unspecified atom stereocenters. The van der Waals surface area contributed by atoms with Gasteiger partial charge in [0.1, 0.15) is 0 Å². The van der Waals surface area contributed by atoms with Crippen molar-refractivity contribution in [3.8, 4) is 56.3 Å². The maximum Gasteiger partial charge on any atom is 0.0714 e. The molecule has 5 nitrogen and oxygen atoms in total. The van der Waals surface area contributed by atoms with Crippen molar-refractivity contribution in [2.75, 3.05) is 0 Å². The molecular formula is C89H83N5. The number of nitrogens with zero attached hydrogens (tertiary/aromatic N) is 5. The molecule has 0 fully saturated rings. The molecule has 0 bridgehead atoms. The molecule has 0 atom stereocenters. The minimum absolute atomic E-state index is 1.05. The number of aromatic nitrogens is 5. The van der Waals surface area contributed by atoms with Crippen molar-refractivity contribution in [2.24, 2.45) is 0 Å². The highest BCUT2D eigenvalue weighted by Crippen LogP contribution is 2.32. The molecule has 0 aliphatic carbocycles. The Hall–Kier alpha value is -10.8. The molecule has 0 radical (unpaired) electrons. The van der Waals surface area contributed by atoms with Gasteiger partial charge in [0, 0.05) is 54.7 Å². The van der Waals surface area contributed by atoms with Gasteiger partial charge in [-0.3, -0.25) is 0 Å². The van der Waals surface area contributed by atoms with Crippen LogP contribution < -0.4 is 0 Å². The molecule has 5 heterocycles. The molecule has 464 valence electrons. The molecule has 0 saturated carbocycles. The predicted octanol–water partition coefficient (Wildman–Crippen LogP) is 23.8. The highest BCUT2D eigenvalue weighted by atomic mass is 14.7. The standard InChI is InChI=1S/C19H19N.2C18H17N.2C17H15N/c1-12-8-13(2)10-16(9-12)18-11-15(4)19-14(3)6-5-7-17(19)20-18;1-12-6-4-8-15(10-12)17-11-14(3)18-13(2)7-5-9-16(18)19-17;1-12-5-4-6-15(9-12)18-11-14(3)16-10-13(2)7-8-17(16)19-18;1-12-7-6-10-15-17(12)13(2)11-16(18-15)14-8-4-3-5-9-14;1-12-8-9-16-15(10-12)13(2)11-17(18-16)14-6-4-3-5-7-14/h5-11H,1-4H3;2*4-11H,1-3H3;2*3-11H,1-2H3. The molecular weight excluding hydrogens is 1140 g/mol. The Morgan fingerprint density at radius 2 is 0.457 bits per heavy atom. The Bertz CT molecular complexity index is 5220. The van der Waals surface area contributed by atoms with E-state index in [-0.39, 0.29) is 0 Å². The van der Waals surface area contributed by atoms with E-state index < -0.39 is 0 Å². The summed E-state index contributed by atoms with van der Waals surface area (Å²) in [4.78, 5) is 24.0. The molecule has 10 aromatic carbocycles. The lowest BCUT2D eigenvalue weighted by Crippen LogP contribution is -1.92. The van der Waals surface area contributed by atoms with Gasteiger partial charge in [0.25, 0.3) is 0 Å². The lowest BCUT2D eigenvalue weighted by molar-refractivity contribution is 1.32. The Labute approximate surface area is 556 Å². The molecule has 0 aliphatic heterocycles. The Morgan fingerprint density at radius 3 is 0.819 bits per heavy atom. The number of pyridine rings is 5. The van der Waals surface area contributed by atoms with Gasteiger partial charge in [0.15, 0.2) is 0 Å². The molecule has 5 aromatic heterocycles. The van der Waals surface area contributed by atoms with Gasteiger partial charge in [-0.15, -0.1) is 0 Å². The fourth-order valence-electron chi connectivity index (χ4n) is 12.8. The van der Waals surface area contributed by atoms with E-state index in [9.17, 15) is 0 Å². The second-order valence-corrected chi connectivity index (χ2v) is 25.4. The van der Waals surface area contributed by atoms with E-state index in [1.165, 1.54) is 133 Å². The van der Waals surface area contributed by atoms with E-state index in [1.807, 2.05) is 36.4 Å². The largest absolute Gasteiger partial charge is 0.248 e. The van der Waals surface area contributed by atoms with Crippen molar-refractivity contribution < 1.29 is 0 Å². The molecule has 5 heteroatoms. The second kappa shape index (κ2) is 28.8. The van der Waals surface area contributed by atoms with Crippen LogP contribution in [0.15, 0.2) is 249 Å². The van der Waals surface area contributed by atoms with Crippen LogP contribution in [0.25, 0.3) is 111 Å². The summed E-state index contributed by atoms with van der Waals surface area (Å²) in [7, 11) is 0. The summed E-state index contributed by atoms with van der Waals surface area (Å²) < 4.78 is 0. The summed E-state index contributed by atoms with van der Waals surface area (Å²) in [5.74, 6) is 0. The van der Waals surface area contributed by atoms with Crippen LogP contribution in [0.2, 0.25) is 0 Å². The van der Waals surface area contributed by atoms with Gasteiger partial charge in [-0.1, -0.05) is 185 Å². The third-order valence-electron chi connectivity index (χ3n) is 17.3. The van der Waals surface area contributed by atoms with E-state index in [0.717, 1.165) is 56.1 Å². The zero-order chi connectivity index (χ0) is 66.2. The molecule has 0 amide bonds. The smallest absolute Gasteiger partial charge is 0.0714 e. The number of hydrogen-bond acceptors (Lipinski definition) is 5. The lowest BCUT2D eigenvalue weighted by atomic mass is 10.00. The molecule has 94 heavy (non-hydrogen) atoms. The molecule has 15 aromatic rings. The highest BCUT2D eigenvalue weighted by molar-refractivity contribution is 5.91. The summed E-state index contributed by atoms with van der Waals surface area (Å²) in [6.45, 7) is 29.9. The topological polar surface area (TPSA) is 64.5 Å². The first-order chi connectivity index (χ1) is 45.3. The zero-order valence-electron chi connectivity index (χ0n) is 56.9. The van der Waals surface area contributed by atoms with Gasteiger partial charge in [0.05, 0.1) is 56.1 Å². The van der Waals surface area contributed by atoms with Crippen molar-refractivity contribution in [3.05, 3.63) is 327 Å². The highest BCUT2D eigenvalue weighted by Gasteiger charge is 2.12. The first-order valence-electron chi connectivity index (χ1n) is 32.5. The van der Waals surface area contributed by atoms with Gasteiger partial charge >= 0.3 is 0 Å². The number of benzene rings is 10. The normalized spacial score (nSPS) is 10.9. The van der Waals surface area contributed by atoms with Crippen LogP contribution >= 0.6 is 0 Å². The van der Waals surface area contributed by atoms with Crippen LogP contribution in [0.5, 0.6) is 0 Å². The number of hydrogen-bond donors (Lipinski definition) is 0. The van der Waals surface area contributed by atoms with Crippen molar-refractivity contribution >= 4 is 54.5 Å². The van der Waals surface area contributed by atoms with Crippen molar-refractivity contribution in [3.63, 3.8) is 0 Å². The predicted molar refractivity (Wildman–Crippen MR) is 402 cm³/mol. The Morgan fingerprint density at radius 1 is 0.170 bits per heavy atom. The zero-order valence-corrected chi connectivity index (χ0v) is 56.9. The number of aryl methyl sites for hydroxylation is 14. The van der Waals surface area contributed by atoms with Crippen LogP contribution in [0.1, 0.15) is 77.9 Å². The molecule has 0 aliphatic rings. The summed E-state index contributed by atoms with van der Waals surface area (Å²) in [6, 6.07) is 86.9. The fourth-order valence-corrected chi connectivity index (χ4v) is 12.8. The maximum absolute atomic E-state index is 4.85. The van der Waals surface area contributed by atoms with Crippen molar-refractivity contribution in [1.29, 1.82) is 0 Å². The average molecular weight is 1220 g/mol. The van der Waals surface area contributed by atoms with Crippen LogP contribution in [0.3, 0.4) is 0 Å². The first kappa shape index (κ1) is 64.8. The van der Waals surface area contributed by atoms with Gasteiger partial charge in [-0.2, -0.15) is 0 Å². The van der Waals surface area contributed by atoms with Crippen LogP contribution in [-0.4, -0.2) is 24.9 Å². The van der Waals surface area contributed by atoms with Gasteiger partial charge < -0.3 is 0 Å². The summed E-state index contributed by atoms with van der Waals surface area (Å²) in [5.41, 5.74) is 34.5. The number of rotatable bonds is 5. The summed E-state index contributed by atoms with van der Waals surface area (Å²) >= 11 is 0. The van der Waals surface area contributed by atoms with E-state index in [4.69, 9.17) is 24.9 Å². The van der Waals surface area contributed by atoms with Gasteiger partial charge in [-0.25, -0.2) is 24.9 Å². The minimum Gasteiger partial charge on any atom is -0.248 e. The van der Waals surface area contributed by atoms with Crippen molar-refractivity contribution in [2.45, 2.75) is 96.9 Å². The average Bonchev–Trinajstić information content (AvgIpc) is 0.841. The lowest BCUT2D eigenvalue weighted by Gasteiger charge is -2.10. The molecule has 15 rings (SSSR count).